The number of aliphatic hydroxyl groups is 1. The smallest absolute Gasteiger partial charge is 0.0767 e. The summed E-state index contributed by atoms with van der Waals surface area (Å²) in [5, 5.41) is 13.3. The first-order chi connectivity index (χ1) is 7.10. The van der Waals surface area contributed by atoms with Crippen molar-refractivity contribution in [3.8, 4) is 0 Å². The van der Waals surface area contributed by atoms with Gasteiger partial charge in [0.05, 0.1) is 11.6 Å². The lowest BCUT2D eigenvalue weighted by atomic mass is 9.97. The van der Waals surface area contributed by atoms with Crippen LogP contribution in [-0.4, -0.2) is 16.7 Å². The number of hydrogen-bond donors (Lipinski definition) is 2. The molecule has 0 spiro atoms. The standard InChI is InChI=1S/C13H19NO/c1-10-5-7-11(8-6-10)14-13(2)9-3-4-12(13)15/h5-8,12,14-15H,3-4,9H2,1-2H3. The number of nitrogens with one attached hydrogen (secondary N) is 1. The molecule has 2 unspecified atom stereocenters. The van der Waals surface area contributed by atoms with Gasteiger partial charge in [0.1, 0.15) is 0 Å². The van der Waals surface area contributed by atoms with Crippen LogP contribution in [0.3, 0.4) is 0 Å². The molecule has 15 heavy (non-hydrogen) atoms. The molecule has 1 aliphatic rings. The lowest BCUT2D eigenvalue weighted by molar-refractivity contribution is 0.131. The molecule has 1 fully saturated rings. The third-order valence-electron chi connectivity index (χ3n) is 3.39. The van der Waals surface area contributed by atoms with Crippen LogP contribution in [-0.2, 0) is 0 Å². The molecule has 0 saturated heterocycles. The van der Waals surface area contributed by atoms with E-state index in [1.807, 2.05) is 0 Å². The maximum absolute atomic E-state index is 9.90. The average molecular weight is 205 g/mol. The topological polar surface area (TPSA) is 32.3 Å². The Bertz CT molecular complexity index is 333. The van der Waals surface area contributed by atoms with Crippen LogP contribution >= 0.6 is 0 Å². The van der Waals surface area contributed by atoms with E-state index in [2.05, 4.69) is 43.4 Å². The molecular formula is C13H19NO. The van der Waals surface area contributed by atoms with Crippen molar-refractivity contribution in [2.45, 2.75) is 44.8 Å². The second kappa shape index (κ2) is 3.86. The van der Waals surface area contributed by atoms with E-state index in [0.717, 1.165) is 24.9 Å². The molecule has 1 aromatic carbocycles. The van der Waals surface area contributed by atoms with Crippen molar-refractivity contribution in [1.82, 2.24) is 0 Å². The van der Waals surface area contributed by atoms with Gasteiger partial charge < -0.3 is 10.4 Å². The van der Waals surface area contributed by atoms with Crippen LogP contribution in [0.4, 0.5) is 5.69 Å². The molecule has 0 amide bonds. The van der Waals surface area contributed by atoms with Crippen LogP contribution < -0.4 is 5.32 Å². The summed E-state index contributed by atoms with van der Waals surface area (Å²) in [7, 11) is 0. The van der Waals surface area contributed by atoms with Gasteiger partial charge >= 0.3 is 0 Å². The van der Waals surface area contributed by atoms with E-state index in [0.29, 0.717) is 0 Å². The van der Waals surface area contributed by atoms with Crippen LogP contribution in [0.25, 0.3) is 0 Å². The Morgan fingerprint density at radius 1 is 1.33 bits per heavy atom. The minimum atomic E-state index is -0.223. The number of hydrogen-bond acceptors (Lipinski definition) is 2. The Kier molecular flexibility index (Phi) is 2.70. The molecule has 2 nitrogen and oxygen atoms in total. The minimum absolute atomic E-state index is 0.144. The number of anilines is 1. The van der Waals surface area contributed by atoms with E-state index in [1.54, 1.807) is 0 Å². The molecule has 0 aliphatic heterocycles. The lowest BCUT2D eigenvalue weighted by Crippen LogP contribution is -2.42. The Labute approximate surface area is 91.3 Å². The molecule has 0 heterocycles. The van der Waals surface area contributed by atoms with Gasteiger partial charge in [-0.2, -0.15) is 0 Å². The second-order valence-corrected chi connectivity index (χ2v) is 4.82. The highest BCUT2D eigenvalue weighted by Gasteiger charge is 2.37. The van der Waals surface area contributed by atoms with E-state index in [1.165, 1.54) is 5.56 Å². The fourth-order valence-electron chi connectivity index (χ4n) is 2.26. The normalized spacial score (nSPS) is 30.5. The first-order valence-electron chi connectivity index (χ1n) is 5.63. The van der Waals surface area contributed by atoms with Crippen LogP contribution in [0.2, 0.25) is 0 Å². The number of aliphatic hydroxyl groups excluding tert-OH is 1. The van der Waals surface area contributed by atoms with Crippen molar-refractivity contribution in [2.75, 3.05) is 5.32 Å². The van der Waals surface area contributed by atoms with Crippen molar-refractivity contribution in [2.24, 2.45) is 0 Å². The van der Waals surface area contributed by atoms with Crippen LogP contribution in [0.1, 0.15) is 31.7 Å². The highest BCUT2D eigenvalue weighted by molar-refractivity contribution is 5.47. The molecule has 2 atom stereocenters. The molecule has 1 saturated carbocycles. The Morgan fingerprint density at radius 3 is 2.53 bits per heavy atom. The molecule has 2 N–H and O–H groups in total. The zero-order valence-electron chi connectivity index (χ0n) is 9.46. The summed E-state index contributed by atoms with van der Waals surface area (Å²) in [5.74, 6) is 0. The van der Waals surface area contributed by atoms with Crippen molar-refractivity contribution in [3.05, 3.63) is 29.8 Å². The predicted molar refractivity (Wildman–Crippen MR) is 63.1 cm³/mol. The maximum Gasteiger partial charge on any atom is 0.0767 e. The quantitative estimate of drug-likeness (QED) is 0.778. The van der Waals surface area contributed by atoms with Crippen molar-refractivity contribution < 1.29 is 5.11 Å². The summed E-state index contributed by atoms with van der Waals surface area (Å²) in [6.45, 7) is 4.18. The van der Waals surface area contributed by atoms with Crippen LogP contribution in [0, 0.1) is 6.92 Å². The number of aryl methyl sites for hydroxylation is 1. The molecule has 1 aromatic rings. The van der Waals surface area contributed by atoms with E-state index in [-0.39, 0.29) is 11.6 Å². The van der Waals surface area contributed by atoms with Crippen molar-refractivity contribution in [1.29, 1.82) is 0 Å². The third-order valence-corrected chi connectivity index (χ3v) is 3.39. The fraction of sp³-hybridized carbons (Fsp3) is 0.538. The summed E-state index contributed by atoms with van der Waals surface area (Å²) in [5.41, 5.74) is 2.22. The molecule has 1 aliphatic carbocycles. The average Bonchev–Trinajstić information content (AvgIpc) is 2.51. The first kappa shape index (κ1) is 10.5. The zero-order chi connectivity index (χ0) is 10.9. The Balaban J connectivity index is 2.11. The molecule has 82 valence electrons. The van der Waals surface area contributed by atoms with Gasteiger partial charge in [0.25, 0.3) is 0 Å². The highest BCUT2D eigenvalue weighted by Crippen LogP contribution is 2.32. The number of rotatable bonds is 2. The van der Waals surface area contributed by atoms with E-state index in [4.69, 9.17) is 0 Å². The SMILES string of the molecule is Cc1ccc(NC2(C)CCCC2O)cc1. The van der Waals surface area contributed by atoms with Gasteiger partial charge in [-0.05, 0) is 45.2 Å². The summed E-state index contributed by atoms with van der Waals surface area (Å²) in [6, 6.07) is 8.33. The molecule has 0 bridgehead atoms. The van der Waals surface area contributed by atoms with Crippen molar-refractivity contribution >= 4 is 5.69 Å². The summed E-state index contributed by atoms with van der Waals surface area (Å²) >= 11 is 0. The van der Waals surface area contributed by atoms with E-state index < -0.39 is 0 Å². The van der Waals surface area contributed by atoms with Crippen molar-refractivity contribution in [3.63, 3.8) is 0 Å². The molecular weight excluding hydrogens is 186 g/mol. The van der Waals surface area contributed by atoms with Gasteiger partial charge in [-0.25, -0.2) is 0 Å². The zero-order valence-corrected chi connectivity index (χ0v) is 9.46. The molecule has 2 heteroatoms. The van der Waals surface area contributed by atoms with Gasteiger partial charge in [0, 0.05) is 5.69 Å². The minimum Gasteiger partial charge on any atom is -0.391 e. The highest BCUT2D eigenvalue weighted by atomic mass is 16.3. The second-order valence-electron chi connectivity index (χ2n) is 4.82. The van der Waals surface area contributed by atoms with Gasteiger partial charge in [0.15, 0.2) is 0 Å². The lowest BCUT2D eigenvalue weighted by Gasteiger charge is -2.30. The predicted octanol–water partition coefficient (Wildman–Crippen LogP) is 2.71. The molecule has 0 radical (unpaired) electrons. The molecule has 0 aromatic heterocycles. The largest absolute Gasteiger partial charge is 0.391 e. The summed E-state index contributed by atoms with van der Waals surface area (Å²) < 4.78 is 0. The van der Waals surface area contributed by atoms with Crippen LogP contribution in [0.15, 0.2) is 24.3 Å². The van der Waals surface area contributed by atoms with Crippen LogP contribution in [0.5, 0.6) is 0 Å². The van der Waals surface area contributed by atoms with E-state index in [9.17, 15) is 5.11 Å². The summed E-state index contributed by atoms with van der Waals surface area (Å²) in [6.07, 6.45) is 2.84. The van der Waals surface area contributed by atoms with Gasteiger partial charge in [-0.1, -0.05) is 17.7 Å². The maximum atomic E-state index is 9.90. The van der Waals surface area contributed by atoms with Gasteiger partial charge in [0.2, 0.25) is 0 Å². The monoisotopic (exact) mass is 205 g/mol. The van der Waals surface area contributed by atoms with Gasteiger partial charge in [-0.3, -0.25) is 0 Å². The van der Waals surface area contributed by atoms with Gasteiger partial charge in [-0.15, -0.1) is 0 Å². The molecule has 2 rings (SSSR count). The third kappa shape index (κ3) is 2.15. The van der Waals surface area contributed by atoms with E-state index >= 15 is 0 Å². The Morgan fingerprint density at radius 2 is 2.00 bits per heavy atom. The Hall–Kier alpha value is -1.02. The fourth-order valence-corrected chi connectivity index (χ4v) is 2.26. The number of benzene rings is 1. The summed E-state index contributed by atoms with van der Waals surface area (Å²) in [4.78, 5) is 0. The first-order valence-corrected chi connectivity index (χ1v) is 5.63.